The van der Waals surface area contributed by atoms with Crippen molar-refractivity contribution in [1.82, 2.24) is 24.9 Å². The van der Waals surface area contributed by atoms with E-state index in [9.17, 15) is 5.11 Å². The minimum atomic E-state index is -0.413. The Labute approximate surface area is 128 Å². The third kappa shape index (κ3) is 3.30. The van der Waals surface area contributed by atoms with Crippen molar-refractivity contribution in [2.45, 2.75) is 32.4 Å². The van der Waals surface area contributed by atoms with Gasteiger partial charge in [-0.2, -0.15) is 5.10 Å². The maximum absolute atomic E-state index is 10.5. The maximum Gasteiger partial charge on any atom is 0.131 e. The van der Waals surface area contributed by atoms with Gasteiger partial charge in [0.25, 0.3) is 0 Å². The zero-order valence-corrected chi connectivity index (χ0v) is 13.3. The van der Waals surface area contributed by atoms with Gasteiger partial charge in [-0.15, -0.1) is 21.5 Å². The van der Waals surface area contributed by atoms with E-state index in [1.54, 1.807) is 22.2 Å². The highest BCUT2D eigenvalue weighted by Crippen LogP contribution is 2.30. The molecule has 0 spiro atoms. The van der Waals surface area contributed by atoms with Crippen LogP contribution in [-0.4, -0.2) is 43.1 Å². The van der Waals surface area contributed by atoms with Gasteiger partial charge in [-0.1, -0.05) is 0 Å². The summed E-state index contributed by atoms with van der Waals surface area (Å²) in [5.41, 5.74) is 0.910. The van der Waals surface area contributed by atoms with E-state index in [1.165, 1.54) is 0 Å². The highest BCUT2D eigenvalue weighted by molar-refractivity contribution is 7.11. The van der Waals surface area contributed by atoms with Crippen LogP contribution in [0.2, 0.25) is 0 Å². The number of aryl methyl sites for hydroxylation is 2. The number of aliphatic hydroxyl groups is 1. The van der Waals surface area contributed by atoms with Crippen LogP contribution in [-0.2, 0) is 13.6 Å². The van der Waals surface area contributed by atoms with Crippen molar-refractivity contribution < 1.29 is 5.11 Å². The van der Waals surface area contributed by atoms with E-state index < -0.39 is 6.10 Å². The summed E-state index contributed by atoms with van der Waals surface area (Å²) in [4.78, 5) is 2.40. The molecule has 6 nitrogen and oxygen atoms in total. The predicted molar refractivity (Wildman–Crippen MR) is 80.8 cm³/mol. The van der Waals surface area contributed by atoms with Crippen molar-refractivity contribution in [2.24, 2.45) is 13.0 Å². The quantitative estimate of drug-likeness (QED) is 0.928. The van der Waals surface area contributed by atoms with E-state index in [4.69, 9.17) is 0 Å². The molecule has 1 fully saturated rings. The van der Waals surface area contributed by atoms with Gasteiger partial charge >= 0.3 is 0 Å². The van der Waals surface area contributed by atoms with Crippen LogP contribution in [0.5, 0.6) is 0 Å². The summed E-state index contributed by atoms with van der Waals surface area (Å²) >= 11 is 1.66. The zero-order valence-electron chi connectivity index (χ0n) is 12.4. The first-order valence-electron chi connectivity index (χ1n) is 7.31. The number of hydrogen-bond acceptors (Lipinski definition) is 6. The number of piperidine rings is 1. The molecule has 0 aromatic carbocycles. The Morgan fingerprint density at radius 1 is 1.38 bits per heavy atom. The third-order valence-electron chi connectivity index (χ3n) is 4.17. The summed E-state index contributed by atoms with van der Waals surface area (Å²) in [5.74, 6) is 0.313. The fourth-order valence-electron chi connectivity index (χ4n) is 2.94. The van der Waals surface area contributed by atoms with E-state index in [0.717, 1.165) is 48.2 Å². The Balaban J connectivity index is 1.54. The van der Waals surface area contributed by atoms with Gasteiger partial charge in [-0.3, -0.25) is 9.58 Å². The number of aromatic nitrogens is 4. The number of likely N-dealkylation sites (tertiary alicyclic amines) is 1. The van der Waals surface area contributed by atoms with Crippen LogP contribution < -0.4 is 0 Å². The molecule has 0 radical (unpaired) electrons. The summed E-state index contributed by atoms with van der Waals surface area (Å²) in [6.45, 7) is 4.86. The van der Waals surface area contributed by atoms with Crippen LogP contribution in [0.15, 0.2) is 12.3 Å². The lowest BCUT2D eigenvalue weighted by molar-refractivity contribution is 0.0514. The fraction of sp³-hybridized carbons (Fsp3) is 0.643. The Bertz CT molecular complexity index is 588. The summed E-state index contributed by atoms with van der Waals surface area (Å²) in [6, 6.07) is 1.90. The van der Waals surface area contributed by atoms with Crippen LogP contribution in [0, 0.1) is 12.8 Å². The molecular weight excluding hydrogens is 286 g/mol. The van der Waals surface area contributed by atoms with Gasteiger partial charge in [-0.25, -0.2) is 0 Å². The normalized spacial score (nSPS) is 19.0. The first-order valence-corrected chi connectivity index (χ1v) is 8.12. The molecule has 0 aliphatic carbocycles. The van der Waals surface area contributed by atoms with E-state index in [1.807, 2.05) is 20.0 Å². The standard InChI is InChI=1S/C14H21N5OS/c1-10-16-17-13(21-10)9-19-7-4-11(5-8-19)14(20)12-3-6-15-18(12)2/h3,6,11,14,20H,4-5,7-9H2,1-2H3/t14-/m0/s1. The van der Waals surface area contributed by atoms with Gasteiger partial charge < -0.3 is 5.11 Å². The molecular formula is C14H21N5OS. The van der Waals surface area contributed by atoms with Gasteiger partial charge in [0.05, 0.1) is 18.3 Å². The maximum atomic E-state index is 10.5. The Morgan fingerprint density at radius 3 is 2.71 bits per heavy atom. The van der Waals surface area contributed by atoms with Gasteiger partial charge in [0, 0.05) is 13.2 Å². The highest BCUT2D eigenvalue weighted by Gasteiger charge is 2.28. The van der Waals surface area contributed by atoms with E-state index in [2.05, 4.69) is 20.2 Å². The molecule has 21 heavy (non-hydrogen) atoms. The molecule has 1 N–H and O–H groups in total. The second kappa shape index (κ2) is 6.21. The molecule has 1 aliphatic heterocycles. The smallest absolute Gasteiger partial charge is 0.131 e. The van der Waals surface area contributed by atoms with Crippen LogP contribution in [0.4, 0.5) is 0 Å². The molecule has 1 saturated heterocycles. The molecule has 0 bridgehead atoms. The van der Waals surface area contributed by atoms with E-state index in [0.29, 0.717) is 5.92 Å². The lowest BCUT2D eigenvalue weighted by atomic mass is 9.89. The molecule has 0 unspecified atom stereocenters. The van der Waals surface area contributed by atoms with Crippen LogP contribution >= 0.6 is 11.3 Å². The van der Waals surface area contributed by atoms with Gasteiger partial charge in [0.1, 0.15) is 10.0 Å². The lowest BCUT2D eigenvalue weighted by Gasteiger charge is -2.33. The Kier molecular flexibility index (Phi) is 4.32. The number of hydrogen-bond donors (Lipinski definition) is 1. The van der Waals surface area contributed by atoms with Crippen LogP contribution in [0.1, 0.15) is 34.7 Å². The van der Waals surface area contributed by atoms with Crippen LogP contribution in [0.3, 0.4) is 0 Å². The SMILES string of the molecule is Cc1nnc(CN2CCC([C@H](O)c3ccnn3C)CC2)s1. The third-order valence-corrected chi connectivity index (χ3v) is 4.99. The minimum absolute atomic E-state index is 0.313. The summed E-state index contributed by atoms with van der Waals surface area (Å²) < 4.78 is 1.76. The van der Waals surface area contributed by atoms with Crippen molar-refractivity contribution in [1.29, 1.82) is 0 Å². The fourth-order valence-corrected chi connectivity index (χ4v) is 3.69. The average molecular weight is 307 g/mol. The molecule has 1 aliphatic rings. The summed E-state index contributed by atoms with van der Waals surface area (Å²) in [6.07, 6.45) is 3.34. The Morgan fingerprint density at radius 2 is 2.14 bits per heavy atom. The highest BCUT2D eigenvalue weighted by atomic mass is 32.1. The minimum Gasteiger partial charge on any atom is -0.387 e. The second-order valence-corrected chi connectivity index (χ2v) is 6.92. The van der Waals surface area contributed by atoms with Gasteiger partial charge in [0.15, 0.2) is 0 Å². The van der Waals surface area contributed by atoms with Crippen molar-refractivity contribution >= 4 is 11.3 Å². The Hall–Kier alpha value is -1.31. The topological polar surface area (TPSA) is 67.1 Å². The van der Waals surface area contributed by atoms with E-state index in [-0.39, 0.29) is 0 Å². The van der Waals surface area contributed by atoms with Crippen LogP contribution in [0.25, 0.3) is 0 Å². The predicted octanol–water partition coefficient (Wildman–Crippen LogP) is 1.53. The van der Waals surface area contributed by atoms with Crippen molar-refractivity contribution in [3.05, 3.63) is 28.0 Å². The molecule has 2 aromatic rings. The van der Waals surface area contributed by atoms with Gasteiger partial charge in [0.2, 0.25) is 0 Å². The molecule has 7 heteroatoms. The lowest BCUT2D eigenvalue weighted by Crippen LogP contribution is -2.35. The van der Waals surface area contributed by atoms with Crippen molar-refractivity contribution in [3.63, 3.8) is 0 Å². The second-order valence-electron chi connectivity index (χ2n) is 5.65. The van der Waals surface area contributed by atoms with Crippen molar-refractivity contribution in [2.75, 3.05) is 13.1 Å². The first kappa shape index (κ1) is 14.6. The molecule has 1 atom stereocenters. The number of rotatable bonds is 4. The molecule has 3 heterocycles. The zero-order chi connectivity index (χ0) is 14.8. The molecule has 3 rings (SSSR count). The molecule has 0 amide bonds. The molecule has 114 valence electrons. The summed E-state index contributed by atoms with van der Waals surface area (Å²) in [5, 5.41) is 25.0. The monoisotopic (exact) mass is 307 g/mol. The average Bonchev–Trinajstić information content (AvgIpc) is 3.08. The first-order chi connectivity index (χ1) is 10.1. The number of nitrogens with zero attached hydrogens (tertiary/aromatic N) is 5. The summed E-state index contributed by atoms with van der Waals surface area (Å²) in [7, 11) is 1.88. The largest absolute Gasteiger partial charge is 0.387 e. The molecule has 0 saturated carbocycles. The van der Waals surface area contributed by atoms with Gasteiger partial charge in [-0.05, 0) is 44.8 Å². The van der Waals surface area contributed by atoms with Crippen molar-refractivity contribution in [3.8, 4) is 0 Å². The molecule has 2 aromatic heterocycles. The number of aliphatic hydroxyl groups excluding tert-OH is 1. The van der Waals surface area contributed by atoms with E-state index >= 15 is 0 Å².